The highest BCUT2D eigenvalue weighted by molar-refractivity contribution is 5.81. The third-order valence-electron chi connectivity index (χ3n) is 2.59. The van der Waals surface area contributed by atoms with E-state index in [-0.39, 0.29) is 19.0 Å². The minimum Gasteiger partial charge on any atom is -0.480 e. The molecule has 1 atom stereocenters. The lowest BCUT2D eigenvalue weighted by atomic mass is 10.0. The number of amides is 1. The van der Waals surface area contributed by atoms with Crippen LogP contribution < -0.4 is 5.32 Å². The number of hydrogen-bond acceptors (Lipinski definition) is 3. The number of nitrogens with one attached hydrogen (secondary N) is 1. The summed E-state index contributed by atoms with van der Waals surface area (Å²) in [6.45, 7) is 1.49. The molecule has 1 aliphatic heterocycles. The molecule has 1 saturated heterocycles. The van der Waals surface area contributed by atoms with Gasteiger partial charge >= 0.3 is 5.97 Å². The van der Waals surface area contributed by atoms with Crippen LogP contribution in [0, 0.1) is 18.3 Å². The third kappa shape index (κ3) is 3.91. The fraction of sp³-hybridized carbons (Fsp3) is 0.636. The van der Waals surface area contributed by atoms with Crippen LogP contribution in [-0.4, -0.2) is 48.1 Å². The maximum absolute atomic E-state index is 11.8. The molecule has 1 unspecified atom stereocenters. The lowest BCUT2D eigenvalue weighted by Gasteiger charge is -2.19. The van der Waals surface area contributed by atoms with E-state index in [2.05, 4.69) is 11.2 Å². The highest BCUT2D eigenvalue weighted by Gasteiger charge is 2.22. The molecule has 0 bridgehead atoms. The zero-order valence-electron chi connectivity index (χ0n) is 9.11. The van der Waals surface area contributed by atoms with Crippen LogP contribution >= 0.6 is 0 Å². The van der Waals surface area contributed by atoms with Gasteiger partial charge in [0.15, 0.2) is 0 Å². The van der Waals surface area contributed by atoms with Crippen LogP contribution in [0.5, 0.6) is 0 Å². The summed E-state index contributed by atoms with van der Waals surface area (Å²) in [5.74, 6) is 1.41. The van der Waals surface area contributed by atoms with Gasteiger partial charge in [-0.15, -0.1) is 6.42 Å². The Balaban J connectivity index is 2.46. The summed E-state index contributed by atoms with van der Waals surface area (Å²) in [5.41, 5.74) is 0. The van der Waals surface area contributed by atoms with Crippen molar-refractivity contribution in [2.45, 2.75) is 12.8 Å². The smallest absolute Gasteiger partial charge is 0.323 e. The van der Waals surface area contributed by atoms with E-state index < -0.39 is 5.97 Å². The first-order chi connectivity index (χ1) is 7.63. The first-order valence-corrected chi connectivity index (χ1v) is 5.27. The molecule has 0 aromatic heterocycles. The number of carbonyl (C=O) groups excluding carboxylic acids is 1. The van der Waals surface area contributed by atoms with E-state index in [9.17, 15) is 9.59 Å². The summed E-state index contributed by atoms with van der Waals surface area (Å²) in [4.78, 5) is 23.5. The predicted octanol–water partition coefficient (Wildman–Crippen LogP) is -0.468. The second-order valence-corrected chi connectivity index (χ2v) is 3.91. The van der Waals surface area contributed by atoms with Crippen LogP contribution in [0.3, 0.4) is 0 Å². The van der Waals surface area contributed by atoms with E-state index in [1.165, 1.54) is 4.90 Å². The summed E-state index contributed by atoms with van der Waals surface area (Å²) < 4.78 is 0. The van der Waals surface area contributed by atoms with E-state index in [1.807, 2.05) is 0 Å². The van der Waals surface area contributed by atoms with Gasteiger partial charge in [-0.3, -0.25) is 9.59 Å². The molecule has 1 aliphatic rings. The van der Waals surface area contributed by atoms with Gasteiger partial charge in [0, 0.05) is 6.42 Å². The van der Waals surface area contributed by atoms with Crippen LogP contribution in [0.1, 0.15) is 12.8 Å². The Morgan fingerprint density at radius 2 is 2.31 bits per heavy atom. The van der Waals surface area contributed by atoms with Crippen molar-refractivity contribution in [1.29, 1.82) is 0 Å². The highest BCUT2D eigenvalue weighted by Crippen LogP contribution is 2.13. The maximum atomic E-state index is 11.8. The Bertz CT molecular complexity index is 303. The first kappa shape index (κ1) is 12.5. The molecule has 88 valence electrons. The van der Waals surface area contributed by atoms with Gasteiger partial charge < -0.3 is 15.3 Å². The quantitative estimate of drug-likeness (QED) is 0.620. The van der Waals surface area contributed by atoms with Gasteiger partial charge in [-0.2, -0.15) is 0 Å². The molecule has 1 heterocycles. The molecule has 1 rings (SSSR count). The standard InChI is InChI=1S/C11H16N2O3/c1-2-5-13(8-11(15)16)10(14)6-9-3-4-12-7-9/h1,9,12H,3-8H2,(H,15,16). The molecular weight excluding hydrogens is 208 g/mol. The summed E-state index contributed by atoms with van der Waals surface area (Å²) in [5, 5.41) is 11.8. The summed E-state index contributed by atoms with van der Waals surface area (Å²) in [6, 6.07) is 0. The maximum Gasteiger partial charge on any atom is 0.323 e. The van der Waals surface area contributed by atoms with Gasteiger partial charge in [0.05, 0.1) is 6.54 Å². The number of hydrogen-bond donors (Lipinski definition) is 2. The monoisotopic (exact) mass is 224 g/mol. The number of aliphatic carboxylic acids is 1. The number of carboxylic acids is 1. The van der Waals surface area contributed by atoms with Crippen molar-refractivity contribution in [2.24, 2.45) is 5.92 Å². The Labute approximate surface area is 94.8 Å². The summed E-state index contributed by atoms with van der Waals surface area (Å²) in [6.07, 6.45) is 6.44. The Morgan fingerprint density at radius 1 is 1.56 bits per heavy atom. The number of carboxylic acid groups (broad SMARTS) is 1. The van der Waals surface area contributed by atoms with Gasteiger partial charge in [-0.05, 0) is 25.4 Å². The van der Waals surface area contributed by atoms with E-state index in [0.29, 0.717) is 12.3 Å². The van der Waals surface area contributed by atoms with E-state index >= 15 is 0 Å². The SMILES string of the molecule is C#CCN(CC(=O)O)C(=O)CC1CCNC1. The van der Waals surface area contributed by atoms with E-state index in [1.54, 1.807) is 0 Å². The van der Waals surface area contributed by atoms with Gasteiger partial charge in [0.2, 0.25) is 5.91 Å². The van der Waals surface area contributed by atoms with Crippen molar-refractivity contribution in [3.63, 3.8) is 0 Å². The van der Waals surface area contributed by atoms with Crippen LogP contribution in [0.25, 0.3) is 0 Å². The largest absolute Gasteiger partial charge is 0.480 e. The summed E-state index contributed by atoms with van der Waals surface area (Å²) >= 11 is 0. The van der Waals surface area contributed by atoms with E-state index in [0.717, 1.165) is 19.5 Å². The highest BCUT2D eigenvalue weighted by atomic mass is 16.4. The van der Waals surface area contributed by atoms with E-state index in [4.69, 9.17) is 11.5 Å². The van der Waals surface area contributed by atoms with Crippen LogP contribution in [0.15, 0.2) is 0 Å². The minimum atomic E-state index is -1.03. The zero-order valence-corrected chi connectivity index (χ0v) is 9.11. The fourth-order valence-corrected chi connectivity index (χ4v) is 1.77. The van der Waals surface area contributed by atoms with Gasteiger partial charge in [0.1, 0.15) is 6.54 Å². The first-order valence-electron chi connectivity index (χ1n) is 5.27. The van der Waals surface area contributed by atoms with Crippen LogP contribution in [-0.2, 0) is 9.59 Å². The van der Waals surface area contributed by atoms with Gasteiger partial charge in [-0.25, -0.2) is 0 Å². The Hall–Kier alpha value is -1.54. The molecule has 0 aromatic carbocycles. The second-order valence-electron chi connectivity index (χ2n) is 3.91. The van der Waals surface area contributed by atoms with Gasteiger partial charge in [0.25, 0.3) is 0 Å². The molecule has 1 amide bonds. The van der Waals surface area contributed by atoms with Crippen LogP contribution in [0.2, 0.25) is 0 Å². The predicted molar refractivity (Wildman–Crippen MR) is 58.6 cm³/mol. The number of terminal acetylenes is 1. The zero-order chi connectivity index (χ0) is 12.0. The van der Waals surface area contributed by atoms with Crippen molar-refractivity contribution in [3.8, 4) is 12.3 Å². The lowest BCUT2D eigenvalue weighted by molar-refractivity contribution is -0.144. The average Bonchev–Trinajstić information content (AvgIpc) is 2.69. The van der Waals surface area contributed by atoms with Crippen molar-refractivity contribution < 1.29 is 14.7 Å². The molecule has 0 aliphatic carbocycles. The second kappa shape index (κ2) is 6.13. The molecule has 0 spiro atoms. The molecule has 0 saturated carbocycles. The van der Waals surface area contributed by atoms with Crippen molar-refractivity contribution >= 4 is 11.9 Å². The topological polar surface area (TPSA) is 69.6 Å². The molecule has 2 N–H and O–H groups in total. The summed E-state index contributed by atoms with van der Waals surface area (Å²) in [7, 11) is 0. The number of carbonyl (C=O) groups is 2. The van der Waals surface area contributed by atoms with Crippen molar-refractivity contribution in [1.82, 2.24) is 10.2 Å². The minimum absolute atomic E-state index is 0.0608. The molecule has 16 heavy (non-hydrogen) atoms. The number of rotatable bonds is 5. The van der Waals surface area contributed by atoms with Crippen molar-refractivity contribution in [3.05, 3.63) is 0 Å². The Kier molecular flexibility index (Phi) is 4.80. The van der Waals surface area contributed by atoms with Crippen molar-refractivity contribution in [2.75, 3.05) is 26.2 Å². The van der Waals surface area contributed by atoms with Gasteiger partial charge in [-0.1, -0.05) is 5.92 Å². The van der Waals surface area contributed by atoms with Crippen LogP contribution in [0.4, 0.5) is 0 Å². The molecule has 5 nitrogen and oxygen atoms in total. The molecule has 0 radical (unpaired) electrons. The molecule has 0 aromatic rings. The molecular formula is C11H16N2O3. The fourth-order valence-electron chi connectivity index (χ4n) is 1.77. The number of nitrogens with zero attached hydrogens (tertiary/aromatic N) is 1. The molecule has 5 heteroatoms. The average molecular weight is 224 g/mol. The molecule has 1 fully saturated rings. The Morgan fingerprint density at radius 3 is 2.81 bits per heavy atom. The normalized spacial score (nSPS) is 19.1. The third-order valence-corrected chi connectivity index (χ3v) is 2.59. The lowest BCUT2D eigenvalue weighted by Crippen LogP contribution is -2.37.